The summed E-state index contributed by atoms with van der Waals surface area (Å²) in [5.41, 5.74) is 2.14. The van der Waals surface area contributed by atoms with Crippen molar-refractivity contribution in [2.75, 3.05) is 11.9 Å². The van der Waals surface area contributed by atoms with Gasteiger partial charge in [-0.15, -0.1) is 0 Å². The van der Waals surface area contributed by atoms with Crippen molar-refractivity contribution >= 4 is 28.6 Å². The van der Waals surface area contributed by atoms with Crippen molar-refractivity contribution in [2.45, 2.75) is 13.0 Å². The van der Waals surface area contributed by atoms with Gasteiger partial charge in [-0.05, 0) is 24.6 Å². The minimum absolute atomic E-state index is 0.769. The molecule has 4 heteroatoms. The zero-order valence-corrected chi connectivity index (χ0v) is 8.38. The van der Waals surface area contributed by atoms with E-state index in [4.69, 9.17) is 11.6 Å². The minimum Gasteiger partial charge on any atom is -0.356 e. The third-order valence-corrected chi connectivity index (χ3v) is 2.79. The second kappa shape index (κ2) is 2.89. The third-order valence-electron chi connectivity index (χ3n) is 2.55. The highest BCUT2D eigenvalue weighted by atomic mass is 35.5. The molecule has 0 saturated heterocycles. The molecule has 1 N–H and O–H groups in total. The molecule has 72 valence electrons. The molecule has 1 aliphatic heterocycles. The third kappa shape index (κ3) is 1.09. The molecule has 0 unspecified atom stereocenters. The molecule has 1 aliphatic rings. The van der Waals surface area contributed by atoms with E-state index in [1.165, 1.54) is 0 Å². The maximum atomic E-state index is 5.96. The summed E-state index contributed by atoms with van der Waals surface area (Å²) in [6.45, 7) is 2.04. The highest BCUT2D eigenvalue weighted by Crippen LogP contribution is 2.25. The van der Waals surface area contributed by atoms with Crippen molar-refractivity contribution < 1.29 is 0 Å². The largest absolute Gasteiger partial charge is 0.356 e. The number of nitrogens with one attached hydrogen (secondary N) is 1. The van der Waals surface area contributed by atoms with E-state index in [0.717, 1.165) is 41.5 Å². The van der Waals surface area contributed by atoms with Crippen molar-refractivity contribution in [2.24, 2.45) is 0 Å². The van der Waals surface area contributed by atoms with Crippen molar-refractivity contribution in [1.29, 1.82) is 0 Å². The molecule has 0 amide bonds. The van der Waals surface area contributed by atoms with Crippen LogP contribution in [0.25, 0.3) is 11.0 Å². The number of nitrogens with zero attached hydrogens (tertiary/aromatic N) is 2. The first-order valence-corrected chi connectivity index (χ1v) is 5.12. The van der Waals surface area contributed by atoms with E-state index in [9.17, 15) is 0 Å². The Hall–Kier alpha value is -1.22. The smallest absolute Gasteiger partial charge is 0.203 e. The fourth-order valence-corrected chi connectivity index (χ4v) is 2.06. The Balaban J connectivity index is 2.32. The van der Waals surface area contributed by atoms with Gasteiger partial charge < -0.3 is 9.88 Å². The Morgan fingerprint density at radius 1 is 1.43 bits per heavy atom. The molecule has 2 aromatic rings. The molecule has 1 aromatic heterocycles. The number of aryl methyl sites for hydroxylation is 1. The van der Waals surface area contributed by atoms with Crippen LogP contribution in [0.2, 0.25) is 5.02 Å². The van der Waals surface area contributed by atoms with Crippen LogP contribution in [-0.4, -0.2) is 16.1 Å². The van der Waals surface area contributed by atoms with E-state index in [0.29, 0.717) is 0 Å². The molecule has 0 saturated carbocycles. The Labute approximate surface area is 86.7 Å². The van der Waals surface area contributed by atoms with Gasteiger partial charge in [0.15, 0.2) is 0 Å². The van der Waals surface area contributed by atoms with E-state index in [1.54, 1.807) is 0 Å². The first-order valence-electron chi connectivity index (χ1n) is 4.74. The Kier molecular flexibility index (Phi) is 1.67. The number of anilines is 1. The van der Waals surface area contributed by atoms with Gasteiger partial charge in [-0.2, -0.15) is 0 Å². The molecule has 0 fully saturated rings. The average Bonchev–Trinajstić information content (AvgIpc) is 2.56. The van der Waals surface area contributed by atoms with Crippen LogP contribution in [0.5, 0.6) is 0 Å². The second-order valence-electron chi connectivity index (χ2n) is 3.50. The SMILES string of the molecule is Clc1ccc2nc3n(c2c1)CCCN3. The van der Waals surface area contributed by atoms with Crippen LogP contribution < -0.4 is 5.32 Å². The number of rotatable bonds is 0. The van der Waals surface area contributed by atoms with Gasteiger partial charge in [-0.25, -0.2) is 4.98 Å². The maximum Gasteiger partial charge on any atom is 0.203 e. The van der Waals surface area contributed by atoms with Gasteiger partial charge in [-0.1, -0.05) is 11.6 Å². The van der Waals surface area contributed by atoms with Crippen LogP contribution in [0.3, 0.4) is 0 Å². The van der Waals surface area contributed by atoms with Crippen LogP contribution in [0.15, 0.2) is 18.2 Å². The van der Waals surface area contributed by atoms with Crippen LogP contribution in [-0.2, 0) is 6.54 Å². The van der Waals surface area contributed by atoms with E-state index in [-0.39, 0.29) is 0 Å². The first-order chi connectivity index (χ1) is 6.84. The zero-order valence-electron chi connectivity index (χ0n) is 7.63. The Morgan fingerprint density at radius 2 is 2.36 bits per heavy atom. The quantitative estimate of drug-likeness (QED) is 0.720. The molecule has 0 aliphatic carbocycles. The van der Waals surface area contributed by atoms with E-state index in [2.05, 4.69) is 14.9 Å². The monoisotopic (exact) mass is 207 g/mol. The van der Waals surface area contributed by atoms with Crippen molar-refractivity contribution in [3.8, 4) is 0 Å². The molecule has 0 bridgehead atoms. The molecule has 14 heavy (non-hydrogen) atoms. The normalized spacial score (nSPS) is 15.2. The Morgan fingerprint density at radius 3 is 3.29 bits per heavy atom. The fourth-order valence-electron chi connectivity index (χ4n) is 1.89. The lowest BCUT2D eigenvalue weighted by molar-refractivity contribution is 0.642. The highest BCUT2D eigenvalue weighted by molar-refractivity contribution is 6.31. The van der Waals surface area contributed by atoms with Crippen LogP contribution in [0.1, 0.15) is 6.42 Å². The van der Waals surface area contributed by atoms with Gasteiger partial charge in [0.25, 0.3) is 0 Å². The summed E-state index contributed by atoms with van der Waals surface area (Å²) in [4.78, 5) is 4.49. The lowest BCUT2D eigenvalue weighted by Gasteiger charge is -2.15. The minimum atomic E-state index is 0.769. The molecule has 0 spiro atoms. The van der Waals surface area contributed by atoms with Gasteiger partial charge in [0, 0.05) is 18.1 Å². The summed E-state index contributed by atoms with van der Waals surface area (Å²) in [5, 5.41) is 4.05. The number of hydrogen-bond donors (Lipinski definition) is 1. The van der Waals surface area contributed by atoms with Gasteiger partial charge >= 0.3 is 0 Å². The summed E-state index contributed by atoms with van der Waals surface area (Å²) >= 11 is 5.96. The second-order valence-corrected chi connectivity index (χ2v) is 3.94. The molecule has 0 radical (unpaired) electrons. The maximum absolute atomic E-state index is 5.96. The lowest BCUT2D eigenvalue weighted by atomic mass is 10.3. The summed E-state index contributed by atoms with van der Waals surface area (Å²) in [6.07, 6.45) is 1.14. The molecule has 1 aromatic carbocycles. The van der Waals surface area contributed by atoms with Crippen LogP contribution in [0.4, 0.5) is 5.95 Å². The van der Waals surface area contributed by atoms with Crippen molar-refractivity contribution in [1.82, 2.24) is 9.55 Å². The first kappa shape index (κ1) is 8.12. The van der Waals surface area contributed by atoms with Crippen molar-refractivity contribution in [3.63, 3.8) is 0 Å². The van der Waals surface area contributed by atoms with Gasteiger partial charge in [-0.3, -0.25) is 0 Å². The lowest BCUT2D eigenvalue weighted by Crippen LogP contribution is -2.16. The predicted molar refractivity (Wildman–Crippen MR) is 57.8 cm³/mol. The molecule has 3 nitrogen and oxygen atoms in total. The number of hydrogen-bond acceptors (Lipinski definition) is 2. The van der Waals surface area contributed by atoms with Crippen LogP contribution >= 0.6 is 11.6 Å². The number of imidazole rings is 1. The Bertz CT molecular complexity index is 489. The number of aromatic nitrogens is 2. The van der Waals surface area contributed by atoms with E-state index < -0.39 is 0 Å². The summed E-state index contributed by atoms with van der Waals surface area (Å²) in [6, 6.07) is 5.81. The number of benzene rings is 1. The topological polar surface area (TPSA) is 29.9 Å². The predicted octanol–water partition coefficient (Wildman–Crippen LogP) is 2.51. The standard InChI is InChI=1S/C10H10ClN3/c11-7-2-3-8-9(6-7)14-5-1-4-12-10(14)13-8/h2-3,6H,1,4-5H2,(H,12,13). The van der Waals surface area contributed by atoms with Crippen LogP contribution in [0, 0.1) is 0 Å². The van der Waals surface area contributed by atoms with Gasteiger partial charge in [0.2, 0.25) is 5.95 Å². The summed E-state index contributed by atoms with van der Waals surface area (Å²) < 4.78 is 2.19. The summed E-state index contributed by atoms with van der Waals surface area (Å²) in [7, 11) is 0. The van der Waals surface area contributed by atoms with Gasteiger partial charge in [0.1, 0.15) is 0 Å². The number of fused-ring (bicyclic) bond motifs is 3. The molecular weight excluding hydrogens is 198 g/mol. The highest BCUT2D eigenvalue weighted by Gasteiger charge is 2.13. The molecular formula is C10H10ClN3. The fraction of sp³-hybridized carbons (Fsp3) is 0.300. The summed E-state index contributed by atoms with van der Waals surface area (Å²) in [5.74, 6) is 0.966. The van der Waals surface area contributed by atoms with Gasteiger partial charge in [0.05, 0.1) is 11.0 Å². The molecule has 3 rings (SSSR count). The molecule has 0 atom stereocenters. The van der Waals surface area contributed by atoms with E-state index >= 15 is 0 Å². The number of halogens is 1. The average molecular weight is 208 g/mol. The molecule has 2 heterocycles. The zero-order chi connectivity index (χ0) is 9.54. The van der Waals surface area contributed by atoms with E-state index in [1.807, 2.05) is 18.2 Å². The van der Waals surface area contributed by atoms with Crippen molar-refractivity contribution in [3.05, 3.63) is 23.2 Å².